The first-order valence-corrected chi connectivity index (χ1v) is 4.72. The summed E-state index contributed by atoms with van der Waals surface area (Å²) >= 11 is 0.954. The van der Waals surface area contributed by atoms with Crippen LogP contribution in [0.25, 0.3) is 0 Å². The molecular formula is C8H15NOS. The van der Waals surface area contributed by atoms with Crippen molar-refractivity contribution in [1.29, 1.82) is 0 Å². The monoisotopic (exact) mass is 173 g/mol. The van der Waals surface area contributed by atoms with Crippen LogP contribution in [0.4, 0.5) is 0 Å². The number of hydrogen-bond acceptors (Lipinski definition) is 3. The van der Waals surface area contributed by atoms with Crippen LogP contribution in [0.3, 0.4) is 0 Å². The summed E-state index contributed by atoms with van der Waals surface area (Å²) in [6.07, 6.45) is 6.51. The van der Waals surface area contributed by atoms with E-state index in [1.54, 1.807) is 0 Å². The van der Waals surface area contributed by atoms with Gasteiger partial charge in [-0.25, -0.2) is 0 Å². The van der Waals surface area contributed by atoms with Gasteiger partial charge in [0.15, 0.2) is 0 Å². The molecule has 0 fully saturated rings. The Labute approximate surface area is 72.5 Å². The second-order valence-corrected chi connectivity index (χ2v) is 3.95. The Balaban J connectivity index is 2.42. The predicted molar refractivity (Wildman–Crippen MR) is 49.9 cm³/mol. The molecular weight excluding hydrogens is 158 g/mol. The van der Waals surface area contributed by atoms with E-state index in [0.717, 1.165) is 24.9 Å². The third-order valence-corrected chi connectivity index (χ3v) is 2.76. The van der Waals surface area contributed by atoms with Crippen molar-refractivity contribution in [3.8, 4) is 0 Å². The van der Waals surface area contributed by atoms with E-state index in [4.69, 9.17) is 4.55 Å². The third-order valence-electron chi connectivity index (χ3n) is 2.09. The van der Waals surface area contributed by atoms with Crippen LogP contribution in [0, 0.1) is 0 Å². The Hall–Kier alpha value is 0.01000. The first-order chi connectivity index (χ1) is 5.24. The minimum absolute atomic E-state index is 0.325. The standard InChI is InChI=1S/C8H15NOS/c1-9(2)7-3-5-8(11-10)6-4-7/h3,5,7-8,10H,4,6H2,1-2H3. The highest BCUT2D eigenvalue weighted by Gasteiger charge is 2.16. The molecule has 0 aliphatic heterocycles. The maximum atomic E-state index is 8.77. The minimum Gasteiger partial charge on any atom is -0.329 e. The van der Waals surface area contributed by atoms with Crippen LogP contribution in [0.15, 0.2) is 12.2 Å². The van der Waals surface area contributed by atoms with E-state index >= 15 is 0 Å². The molecule has 2 unspecified atom stereocenters. The highest BCUT2D eigenvalue weighted by Crippen LogP contribution is 2.22. The van der Waals surface area contributed by atoms with Gasteiger partial charge in [0.1, 0.15) is 0 Å². The SMILES string of the molecule is CN(C)C1C=CC(SO)CC1. The molecule has 1 aliphatic rings. The van der Waals surface area contributed by atoms with Crippen molar-refractivity contribution in [1.82, 2.24) is 4.90 Å². The normalized spacial score (nSPS) is 31.3. The smallest absolute Gasteiger partial charge is 0.0489 e. The molecule has 3 heteroatoms. The first-order valence-electron chi connectivity index (χ1n) is 3.89. The van der Waals surface area contributed by atoms with E-state index in [-0.39, 0.29) is 0 Å². The summed E-state index contributed by atoms with van der Waals surface area (Å²) in [4.78, 5) is 2.20. The second-order valence-electron chi connectivity index (χ2n) is 3.14. The fourth-order valence-corrected chi connectivity index (χ4v) is 1.70. The average Bonchev–Trinajstić information content (AvgIpc) is 2.05. The van der Waals surface area contributed by atoms with Crippen LogP contribution in [0.2, 0.25) is 0 Å². The van der Waals surface area contributed by atoms with Gasteiger partial charge in [-0.1, -0.05) is 12.2 Å². The van der Waals surface area contributed by atoms with E-state index in [1.807, 2.05) is 0 Å². The number of likely N-dealkylation sites (N-methyl/N-ethyl adjacent to an activating group) is 1. The second kappa shape index (κ2) is 4.14. The quantitative estimate of drug-likeness (QED) is 0.509. The number of nitrogens with zero attached hydrogens (tertiary/aromatic N) is 1. The summed E-state index contributed by atoms with van der Waals surface area (Å²) < 4.78 is 8.77. The first kappa shape index (κ1) is 9.10. The Morgan fingerprint density at radius 1 is 1.36 bits per heavy atom. The van der Waals surface area contributed by atoms with Crippen LogP contribution >= 0.6 is 12.0 Å². The summed E-state index contributed by atoms with van der Waals surface area (Å²) in [5, 5.41) is 0.325. The van der Waals surface area contributed by atoms with E-state index in [2.05, 4.69) is 31.1 Å². The molecule has 0 saturated carbocycles. The highest BCUT2D eigenvalue weighted by molar-refractivity contribution is 7.94. The van der Waals surface area contributed by atoms with Crippen molar-refractivity contribution in [2.24, 2.45) is 0 Å². The topological polar surface area (TPSA) is 23.5 Å². The lowest BCUT2D eigenvalue weighted by molar-refractivity contribution is 0.317. The molecule has 0 radical (unpaired) electrons. The summed E-state index contributed by atoms with van der Waals surface area (Å²) in [6.45, 7) is 0. The Kier molecular flexibility index (Phi) is 3.43. The van der Waals surface area contributed by atoms with Crippen molar-refractivity contribution >= 4 is 12.0 Å². The largest absolute Gasteiger partial charge is 0.329 e. The summed E-state index contributed by atoms with van der Waals surface area (Å²) in [5.41, 5.74) is 0. The molecule has 0 spiro atoms. The van der Waals surface area contributed by atoms with Crippen LogP contribution < -0.4 is 0 Å². The van der Waals surface area contributed by atoms with Gasteiger partial charge in [0.2, 0.25) is 0 Å². The van der Waals surface area contributed by atoms with E-state index in [1.165, 1.54) is 0 Å². The zero-order valence-electron chi connectivity index (χ0n) is 7.03. The summed E-state index contributed by atoms with van der Waals surface area (Å²) in [7, 11) is 4.17. The lowest BCUT2D eigenvalue weighted by atomic mass is 10.0. The van der Waals surface area contributed by atoms with Crippen molar-refractivity contribution in [3.05, 3.63) is 12.2 Å². The van der Waals surface area contributed by atoms with Gasteiger partial charge in [-0.15, -0.1) is 0 Å². The van der Waals surface area contributed by atoms with Crippen LogP contribution in [-0.2, 0) is 0 Å². The van der Waals surface area contributed by atoms with Gasteiger partial charge in [0.05, 0.1) is 0 Å². The Morgan fingerprint density at radius 3 is 2.45 bits per heavy atom. The van der Waals surface area contributed by atoms with Crippen molar-refractivity contribution in [2.75, 3.05) is 14.1 Å². The fraction of sp³-hybridized carbons (Fsp3) is 0.750. The zero-order chi connectivity index (χ0) is 8.27. The van der Waals surface area contributed by atoms with Gasteiger partial charge in [-0.05, 0) is 39.0 Å². The summed E-state index contributed by atoms with van der Waals surface area (Å²) in [5.74, 6) is 0. The molecule has 2 nitrogen and oxygen atoms in total. The molecule has 0 saturated heterocycles. The van der Waals surface area contributed by atoms with Crippen molar-refractivity contribution in [2.45, 2.75) is 24.1 Å². The fourth-order valence-electron chi connectivity index (χ4n) is 1.30. The van der Waals surface area contributed by atoms with Gasteiger partial charge in [0, 0.05) is 11.3 Å². The maximum absolute atomic E-state index is 8.77. The molecule has 0 aromatic carbocycles. The molecule has 1 N–H and O–H groups in total. The number of hydrogen-bond donors (Lipinski definition) is 1. The molecule has 11 heavy (non-hydrogen) atoms. The van der Waals surface area contributed by atoms with Gasteiger partial charge in [0.25, 0.3) is 0 Å². The van der Waals surface area contributed by atoms with Crippen LogP contribution in [-0.4, -0.2) is 34.8 Å². The van der Waals surface area contributed by atoms with Crippen LogP contribution in [0.5, 0.6) is 0 Å². The van der Waals surface area contributed by atoms with Crippen molar-refractivity contribution < 1.29 is 4.55 Å². The summed E-state index contributed by atoms with van der Waals surface area (Å²) in [6, 6.07) is 0.568. The molecule has 1 rings (SSSR count). The predicted octanol–water partition coefficient (Wildman–Crippen LogP) is 1.84. The van der Waals surface area contributed by atoms with Crippen LogP contribution in [0.1, 0.15) is 12.8 Å². The average molecular weight is 173 g/mol. The van der Waals surface area contributed by atoms with E-state index in [0.29, 0.717) is 11.3 Å². The molecule has 1 aliphatic carbocycles. The molecule has 0 aromatic rings. The molecule has 64 valence electrons. The lowest BCUT2D eigenvalue weighted by Gasteiger charge is -2.26. The molecule has 0 bridgehead atoms. The Bertz CT molecular complexity index is 147. The van der Waals surface area contributed by atoms with Gasteiger partial charge in [-0.2, -0.15) is 0 Å². The zero-order valence-corrected chi connectivity index (χ0v) is 7.84. The van der Waals surface area contributed by atoms with Gasteiger partial charge >= 0.3 is 0 Å². The van der Waals surface area contributed by atoms with E-state index in [9.17, 15) is 0 Å². The lowest BCUT2D eigenvalue weighted by Crippen LogP contribution is -2.29. The molecule has 0 aromatic heterocycles. The molecule has 0 heterocycles. The molecule has 2 atom stereocenters. The third kappa shape index (κ3) is 2.51. The minimum atomic E-state index is 0.325. The number of rotatable bonds is 2. The maximum Gasteiger partial charge on any atom is 0.0489 e. The van der Waals surface area contributed by atoms with Gasteiger partial charge in [-0.3, -0.25) is 0 Å². The van der Waals surface area contributed by atoms with E-state index < -0.39 is 0 Å². The Morgan fingerprint density at radius 2 is 2.09 bits per heavy atom. The highest BCUT2D eigenvalue weighted by atomic mass is 32.2. The van der Waals surface area contributed by atoms with Crippen molar-refractivity contribution in [3.63, 3.8) is 0 Å². The molecule has 0 amide bonds. The van der Waals surface area contributed by atoms with Gasteiger partial charge < -0.3 is 9.45 Å².